The van der Waals surface area contributed by atoms with Gasteiger partial charge in [-0.25, -0.2) is 9.97 Å². The number of rotatable bonds is 8. The standard InChI is InChI=1S/C22H22N6.2H2/c1-3-7-18(8-4-1)15-25-21-12-11-20(19-9-5-2-6-10-19)22(27-21)24-13-14-28-17-23-16-26-28;;/h1-12,16-17H,13-15H2,(H2,24,25,27);2*1H. The molecule has 2 heterocycles. The van der Waals surface area contributed by atoms with Crippen molar-refractivity contribution in [2.75, 3.05) is 17.2 Å². The molecule has 4 aromatic rings. The maximum atomic E-state index is 4.82. The van der Waals surface area contributed by atoms with Crippen LogP contribution in [0.3, 0.4) is 0 Å². The van der Waals surface area contributed by atoms with Crippen LogP contribution in [0.2, 0.25) is 0 Å². The van der Waals surface area contributed by atoms with Gasteiger partial charge in [-0.3, -0.25) is 4.68 Å². The molecule has 6 nitrogen and oxygen atoms in total. The fourth-order valence-corrected chi connectivity index (χ4v) is 2.97. The summed E-state index contributed by atoms with van der Waals surface area (Å²) in [7, 11) is 0. The molecule has 0 bridgehead atoms. The summed E-state index contributed by atoms with van der Waals surface area (Å²) in [4.78, 5) is 8.79. The molecule has 6 heteroatoms. The molecule has 4 rings (SSSR count). The van der Waals surface area contributed by atoms with E-state index in [9.17, 15) is 0 Å². The Kier molecular flexibility index (Phi) is 5.58. The SMILES string of the molecule is [HH].[HH].c1ccc(CNc2ccc(-c3ccccc3)c(NCCn3cncn3)n2)cc1. The van der Waals surface area contributed by atoms with E-state index in [2.05, 4.69) is 51.0 Å². The third-order valence-corrected chi connectivity index (χ3v) is 4.40. The summed E-state index contributed by atoms with van der Waals surface area (Å²) in [5, 5.41) is 11.0. The van der Waals surface area contributed by atoms with E-state index in [1.165, 1.54) is 5.56 Å². The third kappa shape index (κ3) is 4.54. The van der Waals surface area contributed by atoms with Crippen LogP contribution in [0.25, 0.3) is 11.1 Å². The summed E-state index contributed by atoms with van der Waals surface area (Å²) in [6, 6.07) is 24.7. The van der Waals surface area contributed by atoms with Crippen molar-refractivity contribution in [2.45, 2.75) is 13.1 Å². The molecule has 0 spiro atoms. The van der Waals surface area contributed by atoms with Gasteiger partial charge >= 0.3 is 0 Å². The number of hydrogen-bond donors (Lipinski definition) is 2. The first-order chi connectivity index (χ1) is 13.9. The van der Waals surface area contributed by atoms with Crippen molar-refractivity contribution < 1.29 is 2.85 Å². The van der Waals surface area contributed by atoms with E-state index in [0.717, 1.165) is 35.9 Å². The van der Waals surface area contributed by atoms with Crippen molar-refractivity contribution in [3.63, 3.8) is 0 Å². The Hall–Kier alpha value is -3.67. The van der Waals surface area contributed by atoms with Gasteiger partial charge in [0.05, 0.1) is 6.54 Å². The lowest BCUT2D eigenvalue weighted by Gasteiger charge is -2.14. The van der Waals surface area contributed by atoms with Gasteiger partial charge in [-0.15, -0.1) is 0 Å². The van der Waals surface area contributed by atoms with E-state index in [-0.39, 0.29) is 2.85 Å². The van der Waals surface area contributed by atoms with Crippen LogP contribution in [-0.2, 0) is 13.1 Å². The van der Waals surface area contributed by atoms with Crippen LogP contribution >= 0.6 is 0 Å². The number of hydrogen-bond acceptors (Lipinski definition) is 5. The van der Waals surface area contributed by atoms with E-state index in [4.69, 9.17) is 4.98 Å². The first kappa shape index (κ1) is 17.7. The van der Waals surface area contributed by atoms with Crippen LogP contribution in [0, 0.1) is 0 Å². The number of nitrogens with zero attached hydrogens (tertiary/aromatic N) is 4. The lowest BCUT2D eigenvalue weighted by atomic mass is 10.1. The number of benzene rings is 2. The Morgan fingerprint density at radius 1 is 0.857 bits per heavy atom. The summed E-state index contributed by atoms with van der Waals surface area (Å²) in [5.74, 6) is 1.69. The first-order valence-electron chi connectivity index (χ1n) is 9.29. The van der Waals surface area contributed by atoms with Gasteiger partial charge in [0.25, 0.3) is 0 Å². The Bertz CT molecular complexity index is 995. The molecule has 0 radical (unpaired) electrons. The normalized spacial score (nSPS) is 10.6. The second-order valence-electron chi connectivity index (χ2n) is 6.38. The van der Waals surface area contributed by atoms with E-state index < -0.39 is 0 Å². The average molecular weight is 374 g/mol. The fourth-order valence-electron chi connectivity index (χ4n) is 2.97. The number of aromatic nitrogens is 4. The molecule has 144 valence electrons. The molecule has 28 heavy (non-hydrogen) atoms. The van der Waals surface area contributed by atoms with Crippen molar-refractivity contribution in [3.8, 4) is 11.1 Å². The molecule has 0 amide bonds. The largest absolute Gasteiger partial charge is 0.368 e. The minimum absolute atomic E-state index is 0. The Morgan fingerprint density at radius 2 is 1.64 bits per heavy atom. The predicted molar refractivity (Wildman–Crippen MR) is 116 cm³/mol. The van der Waals surface area contributed by atoms with Crippen molar-refractivity contribution >= 4 is 11.6 Å². The smallest absolute Gasteiger partial charge is 0.137 e. The molecule has 0 aliphatic heterocycles. The van der Waals surface area contributed by atoms with Gasteiger partial charge < -0.3 is 10.6 Å². The van der Waals surface area contributed by atoms with Crippen molar-refractivity contribution in [2.24, 2.45) is 0 Å². The monoisotopic (exact) mass is 374 g/mol. The van der Waals surface area contributed by atoms with E-state index in [0.29, 0.717) is 6.54 Å². The maximum Gasteiger partial charge on any atom is 0.137 e. The average Bonchev–Trinajstić information content (AvgIpc) is 3.27. The number of anilines is 2. The molecule has 2 aromatic carbocycles. The second-order valence-corrected chi connectivity index (χ2v) is 6.38. The zero-order valence-electron chi connectivity index (χ0n) is 15.5. The van der Waals surface area contributed by atoms with Gasteiger partial charge in [0.15, 0.2) is 0 Å². The third-order valence-electron chi connectivity index (χ3n) is 4.40. The molecule has 0 fully saturated rings. The molecular weight excluding hydrogens is 348 g/mol. The summed E-state index contributed by atoms with van der Waals surface area (Å²) in [6.07, 6.45) is 3.26. The van der Waals surface area contributed by atoms with Gasteiger partial charge in [0.2, 0.25) is 0 Å². The second kappa shape index (κ2) is 8.81. The molecule has 0 unspecified atom stereocenters. The van der Waals surface area contributed by atoms with E-state index in [1.54, 1.807) is 17.3 Å². The quantitative estimate of drug-likeness (QED) is 0.473. The number of nitrogens with one attached hydrogen (secondary N) is 2. The molecule has 0 saturated carbocycles. The Labute approximate surface area is 167 Å². The molecule has 0 aliphatic rings. The molecule has 2 N–H and O–H groups in total. The van der Waals surface area contributed by atoms with Gasteiger partial charge in [-0.05, 0) is 23.3 Å². The topological polar surface area (TPSA) is 67.7 Å². The summed E-state index contributed by atoms with van der Waals surface area (Å²) < 4.78 is 1.80. The zero-order chi connectivity index (χ0) is 19.0. The minimum atomic E-state index is 0. The molecule has 2 aromatic heterocycles. The minimum Gasteiger partial charge on any atom is -0.368 e. The number of pyridine rings is 1. The zero-order valence-corrected chi connectivity index (χ0v) is 15.5. The molecule has 0 aliphatic carbocycles. The van der Waals surface area contributed by atoms with Crippen LogP contribution < -0.4 is 10.6 Å². The lowest BCUT2D eigenvalue weighted by Crippen LogP contribution is -2.13. The first-order valence-corrected chi connectivity index (χ1v) is 9.29. The summed E-state index contributed by atoms with van der Waals surface area (Å²) in [5.41, 5.74) is 3.43. The van der Waals surface area contributed by atoms with Gasteiger partial charge in [-0.2, -0.15) is 5.10 Å². The molecule has 0 atom stereocenters. The maximum absolute atomic E-state index is 4.82. The van der Waals surface area contributed by atoms with Gasteiger partial charge in [0.1, 0.15) is 24.3 Å². The van der Waals surface area contributed by atoms with E-state index in [1.807, 2.05) is 42.5 Å². The predicted octanol–water partition coefficient (Wildman–Crippen LogP) is 4.56. The van der Waals surface area contributed by atoms with E-state index >= 15 is 0 Å². The van der Waals surface area contributed by atoms with Crippen LogP contribution in [0.1, 0.15) is 8.42 Å². The van der Waals surface area contributed by atoms with Crippen molar-refractivity contribution in [1.29, 1.82) is 0 Å². The van der Waals surface area contributed by atoms with Crippen LogP contribution in [0.5, 0.6) is 0 Å². The fraction of sp³-hybridized carbons (Fsp3) is 0.136. The molecular formula is C22H26N6. The lowest BCUT2D eigenvalue weighted by molar-refractivity contribution is 0.635. The van der Waals surface area contributed by atoms with Crippen molar-refractivity contribution in [1.82, 2.24) is 19.7 Å². The van der Waals surface area contributed by atoms with Crippen LogP contribution in [-0.4, -0.2) is 26.3 Å². The highest BCUT2D eigenvalue weighted by Crippen LogP contribution is 2.28. The van der Waals surface area contributed by atoms with Gasteiger partial charge in [-0.1, -0.05) is 60.7 Å². The summed E-state index contributed by atoms with van der Waals surface area (Å²) in [6.45, 7) is 2.16. The molecule has 0 saturated heterocycles. The summed E-state index contributed by atoms with van der Waals surface area (Å²) >= 11 is 0. The van der Waals surface area contributed by atoms with Crippen molar-refractivity contribution in [3.05, 3.63) is 91.0 Å². The highest BCUT2D eigenvalue weighted by molar-refractivity contribution is 5.76. The van der Waals surface area contributed by atoms with Gasteiger partial charge in [0, 0.05) is 21.5 Å². The Balaban J connectivity index is 0.00000160. The Morgan fingerprint density at radius 3 is 2.39 bits per heavy atom. The highest BCUT2D eigenvalue weighted by atomic mass is 15.3. The van der Waals surface area contributed by atoms with Crippen LogP contribution in [0.15, 0.2) is 85.5 Å². The van der Waals surface area contributed by atoms with Crippen LogP contribution in [0.4, 0.5) is 11.6 Å². The highest BCUT2D eigenvalue weighted by Gasteiger charge is 2.08.